The summed E-state index contributed by atoms with van der Waals surface area (Å²) < 4.78 is 29.2. The molecule has 2 aromatic heterocycles. The third-order valence-corrected chi connectivity index (χ3v) is 5.71. The van der Waals surface area contributed by atoms with Crippen LogP contribution in [0.4, 0.5) is 5.82 Å². The number of benzene rings is 1. The second-order valence-electron chi connectivity index (χ2n) is 5.53. The highest BCUT2D eigenvalue weighted by atomic mass is 32.2. The number of nitrogens with one attached hydrogen (secondary N) is 1. The number of rotatable bonds is 4. The van der Waals surface area contributed by atoms with E-state index in [0.717, 1.165) is 0 Å². The molecule has 10 heteroatoms. The first-order valence-corrected chi connectivity index (χ1v) is 8.86. The maximum atomic E-state index is 12.2. The highest BCUT2D eigenvalue weighted by Gasteiger charge is 2.19. The Bertz CT molecular complexity index is 1070. The number of sulfone groups is 1. The number of nitrogen functional groups attached to an aromatic ring is 1. The second-order valence-corrected chi connectivity index (χ2v) is 8.03. The smallest absolute Gasteiger partial charge is 0.386 e. The van der Waals surface area contributed by atoms with Crippen LogP contribution >= 0.6 is 0 Å². The van der Waals surface area contributed by atoms with E-state index in [1.165, 1.54) is 18.3 Å². The second kappa shape index (κ2) is 6.13. The summed E-state index contributed by atoms with van der Waals surface area (Å²) in [6.45, 7) is 3.25. The molecule has 0 saturated heterocycles. The minimum atomic E-state index is -3.35. The van der Waals surface area contributed by atoms with Gasteiger partial charge in [0.15, 0.2) is 21.3 Å². The number of aromatic amines is 1. The van der Waals surface area contributed by atoms with Crippen molar-refractivity contribution >= 4 is 15.7 Å². The normalized spacial score (nSPS) is 11.8. The molecule has 2 heterocycles. The number of H-pyrrole nitrogens is 1. The molecule has 3 N–H and O–H groups in total. The molecule has 0 aliphatic carbocycles. The molecule has 0 spiro atoms. The molecule has 0 aliphatic rings. The number of hydrogen-bond acceptors (Lipinski definition) is 8. The van der Waals surface area contributed by atoms with Crippen LogP contribution < -0.4 is 11.5 Å². The molecule has 0 unspecified atom stereocenters. The van der Waals surface area contributed by atoms with Gasteiger partial charge in [0.25, 0.3) is 5.89 Å². The Morgan fingerprint density at radius 3 is 2.44 bits per heavy atom. The van der Waals surface area contributed by atoms with Crippen LogP contribution in [-0.4, -0.2) is 33.8 Å². The predicted octanol–water partition coefficient (Wildman–Crippen LogP) is 1.25. The van der Waals surface area contributed by atoms with Crippen molar-refractivity contribution in [3.8, 4) is 22.8 Å². The van der Waals surface area contributed by atoms with Gasteiger partial charge in [0.05, 0.1) is 22.0 Å². The summed E-state index contributed by atoms with van der Waals surface area (Å²) in [4.78, 5) is 19.6. The van der Waals surface area contributed by atoms with Gasteiger partial charge in [-0.2, -0.15) is 0 Å². The third kappa shape index (κ3) is 3.15. The quantitative estimate of drug-likeness (QED) is 0.706. The standard InChI is InChI=1S/C15H15N5O4S/c1-8(2)25(22,23)10-5-3-9(4-6-10)11-7-17-13(16)12(18-11)14-19-20-15(21)24-14/h3-8H,1-2H3,(H2,16,17)(H,20,21). The molecule has 0 fully saturated rings. The fraction of sp³-hybridized carbons (Fsp3) is 0.200. The fourth-order valence-corrected chi connectivity index (χ4v) is 3.17. The average Bonchev–Trinajstić information content (AvgIpc) is 3.01. The number of anilines is 1. The highest BCUT2D eigenvalue weighted by Crippen LogP contribution is 2.25. The molecule has 3 rings (SSSR count). The van der Waals surface area contributed by atoms with Crippen LogP contribution in [0.15, 0.2) is 44.6 Å². The summed E-state index contributed by atoms with van der Waals surface area (Å²) >= 11 is 0. The number of nitrogens with two attached hydrogens (primary N) is 1. The molecular formula is C15H15N5O4S. The molecule has 3 aromatic rings. The molecule has 0 saturated carbocycles. The summed E-state index contributed by atoms with van der Waals surface area (Å²) in [5.74, 6) is -0.751. The van der Waals surface area contributed by atoms with Gasteiger partial charge < -0.3 is 10.2 Å². The summed E-state index contributed by atoms with van der Waals surface area (Å²) in [5.41, 5.74) is 6.94. The van der Waals surface area contributed by atoms with Gasteiger partial charge in [-0.3, -0.25) is 0 Å². The van der Waals surface area contributed by atoms with Gasteiger partial charge in [0, 0.05) is 5.56 Å². The van der Waals surface area contributed by atoms with Crippen LogP contribution in [0.1, 0.15) is 13.8 Å². The van der Waals surface area contributed by atoms with E-state index in [0.29, 0.717) is 11.3 Å². The Morgan fingerprint density at radius 1 is 1.20 bits per heavy atom. The van der Waals surface area contributed by atoms with E-state index in [2.05, 4.69) is 20.2 Å². The lowest BCUT2D eigenvalue weighted by atomic mass is 10.1. The average molecular weight is 361 g/mol. The molecule has 0 amide bonds. The van der Waals surface area contributed by atoms with E-state index in [1.807, 2.05) is 0 Å². The van der Waals surface area contributed by atoms with Crippen molar-refractivity contribution in [2.24, 2.45) is 0 Å². The molecule has 9 nitrogen and oxygen atoms in total. The third-order valence-electron chi connectivity index (χ3n) is 3.54. The van der Waals surface area contributed by atoms with Gasteiger partial charge in [-0.05, 0) is 26.0 Å². The fourth-order valence-electron chi connectivity index (χ4n) is 2.11. The molecule has 25 heavy (non-hydrogen) atoms. The van der Waals surface area contributed by atoms with Gasteiger partial charge in [-0.15, -0.1) is 5.10 Å². The van der Waals surface area contributed by atoms with Crippen molar-refractivity contribution in [3.63, 3.8) is 0 Å². The van der Waals surface area contributed by atoms with Crippen molar-refractivity contribution in [1.82, 2.24) is 20.2 Å². The van der Waals surface area contributed by atoms with E-state index < -0.39 is 20.8 Å². The van der Waals surface area contributed by atoms with E-state index in [9.17, 15) is 13.2 Å². The van der Waals surface area contributed by atoms with Gasteiger partial charge >= 0.3 is 5.76 Å². The zero-order valence-corrected chi connectivity index (χ0v) is 14.2. The summed E-state index contributed by atoms with van der Waals surface area (Å²) in [6.07, 6.45) is 1.44. The molecule has 130 valence electrons. The van der Waals surface area contributed by atoms with Crippen LogP contribution in [0.25, 0.3) is 22.8 Å². The van der Waals surface area contributed by atoms with Gasteiger partial charge in [-0.1, -0.05) is 12.1 Å². The van der Waals surface area contributed by atoms with E-state index in [4.69, 9.17) is 10.2 Å². The van der Waals surface area contributed by atoms with Crippen molar-refractivity contribution in [2.75, 3.05) is 5.73 Å². The zero-order chi connectivity index (χ0) is 18.2. The van der Waals surface area contributed by atoms with Gasteiger partial charge in [0.2, 0.25) is 0 Å². The number of hydrogen-bond donors (Lipinski definition) is 2. The minimum absolute atomic E-state index is 0.0537. The molecule has 1 aromatic carbocycles. The van der Waals surface area contributed by atoms with Gasteiger partial charge in [-0.25, -0.2) is 28.3 Å². The molecular weight excluding hydrogens is 346 g/mol. The highest BCUT2D eigenvalue weighted by molar-refractivity contribution is 7.92. The predicted molar refractivity (Wildman–Crippen MR) is 90.3 cm³/mol. The Hall–Kier alpha value is -3.01. The first-order chi connectivity index (χ1) is 11.8. The largest absolute Gasteiger partial charge is 0.434 e. The van der Waals surface area contributed by atoms with Gasteiger partial charge in [0.1, 0.15) is 0 Å². The van der Waals surface area contributed by atoms with Crippen LogP contribution in [0.2, 0.25) is 0 Å². The maximum Gasteiger partial charge on any atom is 0.434 e. The Balaban J connectivity index is 2.02. The molecule has 0 bridgehead atoms. The van der Waals surface area contributed by atoms with Crippen molar-refractivity contribution in [1.29, 1.82) is 0 Å². The number of aromatic nitrogens is 4. The SMILES string of the molecule is CC(C)S(=O)(=O)c1ccc(-c2cnc(N)c(-c3n[nH]c(=O)o3)n2)cc1. The first-order valence-electron chi connectivity index (χ1n) is 7.32. The van der Waals surface area contributed by atoms with Crippen LogP contribution in [0.5, 0.6) is 0 Å². The first kappa shape index (κ1) is 16.8. The van der Waals surface area contributed by atoms with E-state index in [1.54, 1.807) is 26.0 Å². The maximum absolute atomic E-state index is 12.2. The Morgan fingerprint density at radius 2 is 1.88 bits per heavy atom. The lowest BCUT2D eigenvalue weighted by Crippen LogP contribution is -2.13. The van der Waals surface area contributed by atoms with Crippen molar-refractivity contribution in [3.05, 3.63) is 41.0 Å². The van der Waals surface area contributed by atoms with E-state index >= 15 is 0 Å². The topological polar surface area (TPSA) is 145 Å². The Kier molecular flexibility index (Phi) is 4.13. The summed E-state index contributed by atoms with van der Waals surface area (Å²) in [6, 6.07) is 6.27. The minimum Gasteiger partial charge on any atom is -0.386 e. The van der Waals surface area contributed by atoms with Crippen molar-refractivity contribution in [2.45, 2.75) is 24.0 Å². The molecule has 0 radical (unpaired) electrons. The van der Waals surface area contributed by atoms with Crippen LogP contribution in [0, 0.1) is 0 Å². The molecule has 0 atom stereocenters. The Labute approximate surface area is 142 Å². The molecule has 0 aliphatic heterocycles. The van der Waals surface area contributed by atoms with Crippen molar-refractivity contribution < 1.29 is 12.8 Å². The van der Waals surface area contributed by atoms with E-state index in [-0.39, 0.29) is 22.3 Å². The zero-order valence-electron chi connectivity index (χ0n) is 13.4. The lowest BCUT2D eigenvalue weighted by molar-refractivity contribution is 0.525. The lowest BCUT2D eigenvalue weighted by Gasteiger charge is -2.09. The van der Waals surface area contributed by atoms with Crippen LogP contribution in [0.3, 0.4) is 0 Å². The van der Waals surface area contributed by atoms with Crippen LogP contribution in [-0.2, 0) is 9.84 Å². The number of nitrogens with zero attached hydrogens (tertiary/aromatic N) is 3. The summed E-state index contributed by atoms with van der Waals surface area (Å²) in [7, 11) is -3.35. The summed E-state index contributed by atoms with van der Waals surface area (Å²) in [5, 5.41) is 5.30. The monoisotopic (exact) mass is 361 g/mol.